The summed E-state index contributed by atoms with van der Waals surface area (Å²) in [6.45, 7) is 6.51. The number of hydrogen-bond acceptors (Lipinski definition) is 2. The van der Waals surface area contributed by atoms with Gasteiger partial charge in [-0.05, 0) is 5.92 Å². The maximum atomic E-state index is 8.39. The molecule has 0 spiro atoms. The van der Waals surface area contributed by atoms with E-state index in [1.165, 1.54) is 0 Å². The Kier molecular flexibility index (Phi) is 5.81. The number of hydrogen-bond donors (Lipinski definition) is 0. The van der Waals surface area contributed by atoms with Crippen LogP contribution < -0.4 is 0 Å². The van der Waals surface area contributed by atoms with Crippen LogP contribution in [0.4, 0.5) is 0 Å². The molecule has 0 aromatic carbocycles. The molecule has 11 heavy (non-hydrogen) atoms. The van der Waals surface area contributed by atoms with Gasteiger partial charge in [0.05, 0.1) is 6.07 Å². The van der Waals surface area contributed by atoms with Gasteiger partial charge in [-0.2, -0.15) is 17.0 Å². The van der Waals surface area contributed by atoms with Gasteiger partial charge in [-0.3, -0.25) is 0 Å². The molecule has 0 bridgehead atoms. The normalized spacial score (nSPS) is 16.0. The minimum absolute atomic E-state index is 0.332. The first-order chi connectivity index (χ1) is 5.07. The van der Waals surface area contributed by atoms with E-state index in [0.29, 0.717) is 11.2 Å². The molecule has 0 heterocycles. The van der Waals surface area contributed by atoms with Crippen molar-refractivity contribution < 1.29 is 0 Å². The molecule has 2 unspecified atom stereocenters. The molecule has 0 aromatic rings. The van der Waals surface area contributed by atoms with E-state index in [-0.39, 0.29) is 5.38 Å². The summed E-state index contributed by atoms with van der Waals surface area (Å²) in [6.07, 6.45) is 0. The molecule has 64 valence electrons. The molecule has 0 aliphatic heterocycles. The van der Waals surface area contributed by atoms with Crippen molar-refractivity contribution in [3.63, 3.8) is 0 Å². The lowest BCUT2D eigenvalue weighted by Crippen LogP contribution is -2.09. The summed E-state index contributed by atoms with van der Waals surface area (Å²) in [5.74, 6) is 1.39. The van der Waals surface area contributed by atoms with Gasteiger partial charge in [-0.1, -0.05) is 20.8 Å². The van der Waals surface area contributed by atoms with Gasteiger partial charge in [-0.15, -0.1) is 11.6 Å². The summed E-state index contributed by atoms with van der Waals surface area (Å²) in [7, 11) is 0. The van der Waals surface area contributed by atoms with Crippen molar-refractivity contribution in [2.45, 2.75) is 31.4 Å². The summed E-state index contributed by atoms with van der Waals surface area (Å²) < 4.78 is 0. The fourth-order valence-corrected chi connectivity index (χ4v) is 1.62. The van der Waals surface area contributed by atoms with Crippen LogP contribution in [0.15, 0.2) is 0 Å². The highest BCUT2D eigenvalue weighted by Crippen LogP contribution is 2.20. The third kappa shape index (κ3) is 5.41. The highest BCUT2D eigenvalue weighted by Gasteiger charge is 2.10. The SMILES string of the molecule is CC(C)C(C)SCC(Cl)C#N. The minimum Gasteiger partial charge on any atom is -0.197 e. The molecule has 0 N–H and O–H groups in total. The number of rotatable bonds is 4. The third-order valence-corrected chi connectivity index (χ3v) is 3.62. The number of halogens is 1. The van der Waals surface area contributed by atoms with Crippen LogP contribution >= 0.6 is 23.4 Å². The number of nitriles is 1. The average Bonchev–Trinajstić information content (AvgIpc) is 1.99. The molecule has 0 rings (SSSR count). The Morgan fingerprint density at radius 3 is 2.36 bits per heavy atom. The van der Waals surface area contributed by atoms with E-state index in [1.54, 1.807) is 11.8 Å². The fourth-order valence-electron chi connectivity index (χ4n) is 0.466. The first-order valence-electron chi connectivity index (χ1n) is 3.73. The Hall–Kier alpha value is 0.130. The zero-order chi connectivity index (χ0) is 8.85. The molecule has 0 amide bonds. The Balaban J connectivity index is 3.47. The molecule has 0 aliphatic rings. The van der Waals surface area contributed by atoms with Crippen molar-refractivity contribution in [3.8, 4) is 6.07 Å². The quantitative estimate of drug-likeness (QED) is 0.639. The number of nitrogens with zero attached hydrogens (tertiary/aromatic N) is 1. The Bertz CT molecular complexity index is 142. The smallest absolute Gasteiger partial charge is 0.129 e. The molecule has 0 fully saturated rings. The standard InChI is InChI=1S/C8H14ClNS/c1-6(2)7(3)11-5-8(9)4-10/h6-8H,5H2,1-3H3. The highest BCUT2D eigenvalue weighted by molar-refractivity contribution is 8.00. The molecule has 0 saturated heterocycles. The Morgan fingerprint density at radius 2 is 2.00 bits per heavy atom. The van der Waals surface area contributed by atoms with E-state index in [0.717, 1.165) is 5.75 Å². The van der Waals surface area contributed by atoms with Gasteiger partial charge in [0.1, 0.15) is 5.38 Å². The van der Waals surface area contributed by atoms with Crippen molar-refractivity contribution in [1.82, 2.24) is 0 Å². The van der Waals surface area contributed by atoms with Crippen LogP contribution in [-0.2, 0) is 0 Å². The van der Waals surface area contributed by atoms with Gasteiger partial charge >= 0.3 is 0 Å². The Morgan fingerprint density at radius 1 is 1.45 bits per heavy atom. The van der Waals surface area contributed by atoms with E-state index in [1.807, 2.05) is 6.07 Å². The molecular weight excluding hydrogens is 178 g/mol. The van der Waals surface area contributed by atoms with Crippen molar-refractivity contribution >= 4 is 23.4 Å². The zero-order valence-corrected chi connectivity index (χ0v) is 8.75. The molecule has 0 aliphatic carbocycles. The summed E-state index contributed by atoms with van der Waals surface area (Å²) in [6, 6.07) is 2.00. The van der Waals surface area contributed by atoms with Gasteiger partial charge in [-0.25, -0.2) is 0 Å². The second-order valence-electron chi connectivity index (χ2n) is 2.88. The lowest BCUT2D eigenvalue weighted by molar-refractivity contribution is 0.642. The summed E-state index contributed by atoms with van der Waals surface area (Å²) in [4.78, 5) is 0. The number of thioether (sulfide) groups is 1. The van der Waals surface area contributed by atoms with Crippen LogP contribution in [0.5, 0.6) is 0 Å². The summed E-state index contributed by atoms with van der Waals surface area (Å²) >= 11 is 7.39. The van der Waals surface area contributed by atoms with Gasteiger partial charge < -0.3 is 0 Å². The van der Waals surface area contributed by atoms with Crippen LogP contribution in [0.3, 0.4) is 0 Å². The molecule has 0 aromatic heterocycles. The number of alkyl halides is 1. The van der Waals surface area contributed by atoms with Crippen LogP contribution in [0.1, 0.15) is 20.8 Å². The van der Waals surface area contributed by atoms with E-state index >= 15 is 0 Å². The van der Waals surface area contributed by atoms with Crippen molar-refractivity contribution in [2.24, 2.45) is 5.92 Å². The Labute approximate surface area is 78.1 Å². The lowest BCUT2D eigenvalue weighted by atomic mass is 10.2. The molecule has 2 atom stereocenters. The largest absolute Gasteiger partial charge is 0.197 e. The molecule has 0 radical (unpaired) electrons. The van der Waals surface area contributed by atoms with E-state index < -0.39 is 0 Å². The van der Waals surface area contributed by atoms with E-state index in [4.69, 9.17) is 16.9 Å². The van der Waals surface area contributed by atoms with Crippen LogP contribution in [0.2, 0.25) is 0 Å². The molecular formula is C8H14ClNS. The lowest BCUT2D eigenvalue weighted by Gasteiger charge is -2.14. The molecule has 3 heteroatoms. The highest BCUT2D eigenvalue weighted by atomic mass is 35.5. The summed E-state index contributed by atoms with van der Waals surface area (Å²) in [5.41, 5.74) is 0. The maximum Gasteiger partial charge on any atom is 0.129 e. The zero-order valence-electron chi connectivity index (χ0n) is 7.17. The van der Waals surface area contributed by atoms with Gasteiger partial charge in [0.25, 0.3) is 0 Å². The molecule has 0 saturated carbocycles. The van der Waals surface area contributed by atoms with Crippen molar-refractivity contribution in [2.75, 3.05) is 5.75 Å². The van der Waals surface area contributed by atoms with E-state index in [2.05, 4.69) is 20.8 Å². The van der Waals surface area contributed by atoms with Gasteiger partial charge in [0.15, 0.2) is 0 Å². The van der Waals surface area contributed by atoms with Crippen LogP contribution in [0.25, 0.3) is 0 Å². The minimum atomic E-state index is -0.332. The molecule has 1 nitrogen and oxygen atoms in total. The van der Waals surface area contributed by atoms with Gasteiger partial charge in [0.2, 0.25) is 0 Å². The van der Waals surface area contributed by atoms with Crippen LogP contribution in [-0.4, -0.2) is 16.4 Å². The predicted octanol–water partition coefficient (Wildman–Crippen LogP) is 2.90. The first-order valence-corrected chi connectivity index (χ1v) is 5.21. The first kappa shape index (κ1) is 11.1. The second kappa shape index (κ2) is 5.74. The monoisotopic (exact) mass is 191 g/mol. The van der Waals surface area contributed by atoms with Gasteiger partial charge in [0, 0.05) is 11.0 Å². The average molecular weight is 192 g/mol. The fraction of sp³-hybridized carbons (Fsp3) is 0.875. The van der Waals surface area contributed by atoms with Crippen molar-refractivity contribution in [3.05, 3.63) is 0 Å². The topological polar surface area (TPSA) is 23.8 Å². The third-order valence-electron chi connectivity index (χ3n) is 1.58. The van der Waals surface area contributed by atoms with Crippen molar-refractivity contribution in [1.29, 1.82) is 5.26 Å². The van der Waals surface area contributed by atoms with Crippen LogP contribution in [0, 0.1) is 17.2 Å². The summed E-state index contributed by atoms with van der Waals surface area (Å²) in [5, 5.41) is 8.65. The predicted molar refractivity (Wildman–Crippen MR) is 52.0 cm³/mol. The second-order valence-corrected chi connectivity index (χ2v) is 4.82. The maximum absolute atomic E-state index is 8.39. The van der Waals surface area contributed by atoms with E-state index in [9.17, 15) is 0 Å².